The lowest BCUT2D eigenvalue weighted by Crippen LogP contribution is -2.50. The first-order valence-corrected chi connectivity index (χ1v) is 9.16. The third-order valence-electron chi connectivity index (χ3n) is 4.18. The summed E-state index contributed by atoms with van der Waals surface area (Å²) in [6.45, 7) is 0.554. The highest BCUT2D eigenvalue weighted by molar-refractivity contribution is 7.89. The van der Waals surface area contributed by atoms with Gasteiger partial charge in [-0.15, -0.1) is 0 Å². The summed E-state index contributed by atoms with van der Waals surface area (Å²) in [5, 5.41) is 0. The number of fused-ring (bicyclic) bond motifs is 1. The molecule has 2 amide bonds. The van der Waals surface area contributed by atoms with Crippen molar-refractivity contribution >= 4 is 27.5 Å². The standard InChI is InChI=1S/C15H18N2O4S/c1-22(20,21)17-13(8-9-14(17)18)15(19)16-10-4-6-11-5-2-3-7-12(11)16/h2-3,5,7,13H,4,6,8-10H2,1H3. The number of benzene rings is 1. The molecular formula is C15H18N2O4S. The Hall–Kier alpha value is -1.89. The lowest BCUT2D eigenvalue weighted by atomic mass is 10.0. The summed E-state index contributed by atoms with van der Waals surface area (Å²) in [4.78, 5) is 26.3. The number of nitrogens with zero attached hydrogens (tertiary/aromatic N) is 2. The van der Waals surface area contributed by atoms with E-state index in [1.807, 2.05) is 24.3 Å². The van der Waals surface area contributed by atoms with Crippen LogP contribution in [-0.4, -0.2) is 43.4 Å². The molecule has 7 heteroatoms. The second-order valence-electron chi connectivity index (χ2n) is 5.73. The molecule has 3 rings (SSSR count). The van der Waals surface area contributed by atoms with Gasteiger partial charge in [-0.3, -0.25) is 9.59 Å². The Labute approximate surface area is 129 Å². The Morgan fingerprint density at radius 2 is 1.95 bits per heavy atom. The highest BCUT2D eigenvalue weighted by atomic mass is 32.2. The highest BCUT2D eigenvalue weighted by Gasteiger charge is 2.44. The van der Waals surface area contributed by atoms with E-state index in [4.69, 9.17) is 0 Å². The molecule has 1 aromatic rings. The minimum atomic E-state index is -3.73. The highest BCUT2D eigenvalue weighted by Crippen LogP contribution is 2.30. The predicted molar refractivity (Wildman–Crippen MR) is 81.8 cm³/mol. The lowest BCUT2D eigenvalue weighted by molar-refractivity contribution is -0.129. The van der Waals surface area contributed by atoms with Crippen molar-refractivity contribution in [3.63, 3.8) is 0 Å². The van der Waals surface area contributed by atoms with Gasteiger partial charge in [0, 0.05) is 18.7 Å². The molecule has 0 radical (unpaired) electrons. The van der Waals surface area contributed by atoms with Crippen LogP contribution in [0, 0.1) is 0 Å². The van der Waals surface area contributed by atoms with Gasteiger partial charge in [-0.05, 0) is 30.9 Å². The van der Waals surface area contributed by atoms with E-state index in [1.165, 1.54) is 0 Å². The van der Waals surface area contributed by atoms with E-state index in [9.17, 15) is 18.0 Å². The molecule has 1 atom stereocenters. The fourth-order valence-corrected chi connectivity index (χ4v) is 4.36. The second-order valence-corrected chi connectivity index (χ2v) is 7.59. The van der Waals surface area contributed by atoms with Crippen molar-refractivity contribution in [1.82, 2.24) is 4.31 Å². The number of carbonyl (C=O) groups excluding carboxylic acids is 2. The molecule has 1 unspecified atom stereocenters. The van der Waals surface area contributed by atoms with Gasteiger partial charge in [0.25, 0.3) is 5.91 Å². The summed E-state index contributed by atoms with van der Waals surface area (Å²) in [7, 11) is -3.73. The van der Waals surface area contributed by atoms with Crippen LogP contribution in [0.3, 0.4) is 0 Å². The monoisotopic (exact) mass is 322 g/mol. The van der Waals surface area contributed by atoms with Crippen molar-refractivity contribution in [1.29, 1.82) is 0 Å². The van der Waals surface area contributed by atoms with Gasteiger partial charge in [0.05, 0.1) is 6.26 Å². The van der Waals surface area contributed by atoms with Gasteiger partial charge in [0.15, 0.2) is 0 Å². The van der Waals surface area contributed by atoms with E-state index in [2.05, 4.69) is 0 Å². The van der Waals surface area contributed by atoms with Crippen LogP contribution in [0.25, 0.3) is 0 Å². The number of sulfonamides is 1. The topological polar surface area (TPSA) is 74.8 Å². The number of hydrogen-bond donors (Lipinski definition) is 0. The maximum absolute atomic E-state index is 12.8. The minimum absolute atomic E-state index is 0.0962. The first-order chi connectivity index (χ1) is 10.4. The molecule has 0 spiro atoms. The number of amides is 2. The van der Waals surface area contributed by atoms with Crippen LogP contribution in [0.2, 0.25) is 0 Å². The summed E-state index contributed by atoms with van der Waals surface area (Å²) < 4.78 is 24.4. The minimum Gasteiger partial charge on any atom is -0.310 e. The second kappa shape index (κ2) is 5.39. The van der Waals surface area contributed by atoms with Crippen LogP contribution in [0.4, 0.5) is 5.69 Å². The third-order valence-corrected chi connectivity index (χ3v) is 5.35. The zero-order chi connectivity index (χ0) is 15.9. The van der Waals surface area contributed by atoms with Crippen molar-refractivity contribution in [2.75, 3.05) is 17.7 Å². The van der Waals surface area contributed by atoms with Crippen molar-refractivity contribution in [3.05, 3.63) is 29.8 Å². The summed E-state index contributed by atoms with van der Waals surface area (Å²) in [5.74, 6) is -0.797. The molecule has 22 heavy (non-hydrogen) atoms. The van der Waals surface area contributed by atoms with E-state index < -0.39 is 22.0 Å². The normalized spacial score (nSPS) is 21.9. The zero-order valence-electron chi connectivity index (χ0n) is 12.4. The van der Waals surface area contributed by atoms with E-state index in [1.54, 1.807) is 4.90 Å². The molecule has 0 aliphatic carbocycles. The number of rotatable bonds is 2. The van der Waals surface area contributed by atoms with Crippen molar-refractivity contribution in [3.8, 4) is 0 Å². The van der Waals surface area contributed by atoms with Gasteiger partial charge in [-0.2, -0.15) is 0 Å². The van der Waals surface area contributed by atoms with Crippen LogP contribution in [0.1, 0.15) is 24.8 Å². The van der Waals surface area contributed by atoms with Crippen molar-refractivity contribution in [2.45, 2.75) is 31.7 Å². The van der Waals surface area contributed by atoms with E-state index in [0.29, 0.717) is 6.54 Å². The summed E-state index contributed by atoms with van der Waals surface area (Å²) in [6.07, 6.45) is 3.06. The van der Waals surface area contributed by atoms with Gasteiger partial charge in [0.2, 0.25) is 15.9 Å². The Morgan fingerprint density at radius 1 is 1.23 bits per heavy atom. The third kappa shape index (κ3) is 2.49. The molecule has 1 saturated heterocycles. The predicted octanol–water partition coefficient (Wildman–Crippen LogP) is 0.916. The molecule has 118 valence electrons. The van der Waals surface area contributed by atoms with Crippen LogP contribution in [0.5, 0.6) is 0 Å². The Morgan fingerprint density at radius 3 is 2.68 bits per heavy atom. The van der Waals surface area contributed by atoms with Crippen LogP contribution in [-0.2, 0) is 26.0 Å². The quantitative estimate of drug-likeness (QED) is 0.811. The average Bonchev–Trinajstić information content (AvgIpc) is 2.88. The summed E-state index contributed by atoms with van der Waals surface area (Å²) in [5.41, 5.74) is 1.91. The van der Waals surface area contributed by atoms with E-state index in [0.717, 1.165) is 34.7 Å². The molecule has 2 aliphatic heterocycles. The maximum Gasteiger partial charge on any atom is 0.251 e. The zero-order valence-corrected chi connectivity index (χ0v) is 13.2. The van der Waals surface area contributed by atoms with E-state index in [-0.39, 0.29) is 18.7 Å². The van der Waals surface area contributed by atoms with Gasteiger partial charge in [0.1, 0.15) is 6.04 Å². The van der Waals surface area contributed by atoms with Crippen LogP contribution in [0.15, 0.2) is 24.3 Å². The molecule has 2 heterocycles. The smallest absolute Gasteiger partial charge is 0.251 e. The van der Waals surface area contributed by atoms with Gasteiger partial charge in [-0.1, -0.05) is 18.2 Å². The molecule has 0 bridgehead atoms. The first kappa shape index (κ1) is 15.0. The van der Waals surface area contributed by atoms with Gasteiger partial charge in [-0.25, -0.2) is 12.7 Å². The Bertz CT molecular complexity index is 729. The summed E-state index contributed by atoms with van der Waals surface area (Å²) >= 11 is 0. The molecular weight excluding hydrogens is 304 g/mol. The maximum atomic E-state index is 12.8. The molecule has 0 N–H and O–H groups in total. The van der Waals surface area contributed by atoms with Crippen molar-refractivity contribution < 1.29 is 18.0 Å². The fraction of sp³-hybridized carbons (Fsp3) is 0.467. The number of anilines is 1. The van der Waals surface area contributed by atoms with E-state index >= 15 is 0 Å². The van der Waals surface area contributed by atoms with Crippen molar-refractivity contribution in [2.24, 2.45) is 0 Å². The largest absolute Gasteiger partial charge is 0.310 e. The molecule has 1 fully saturated rings. The Balaban J connectivity index is 1.94. The molecule has 6 nitrogen and oxygen atoms in total. The van der Waals surface area contributed by atoms with Gasteiger partial charge < -0.3 is 4.90 Å². The Kier molecular flexibility index (Phi) is 3.68. The number of aryl methyl sites for hydroxylation is 1. The number of para-hydroxylation sites is 1. The number of carbonyl (C=O) groups is 2. The van der Waals surface area contributed by atoms with Crippen LogP contribution >= 0.6 is 0 Å². The molecule has 0 saturated carbocycles. The SMILES string of the molecule is CS(=O)(=O)N1C(=O)CCC1C(=O)N1CCCc2ccccc21. The summed E-state index contributed by atoms with van der Waals surface area (Å²) in [6, 6.07) is 6.72. The fourth-order valence-electron chi connectivity index (χ4n) is 3.24. The van der Waals surface area contributed by atoms with Gasteiger partial charge >= 0.3 is 0 Å². The van der Waals surface area contributed by atoms with Crippen LogP contribution < -0.4 is 4.90 Å². The average molecular weight is 322 g/mol. The number of hydrogen-bond acceptors (Lipinski definition) is 4. The first-order valence-electron chi connectivity index (χ1n) is 7.31. The molecule has 2 aliphatic rings. The molecule has 0 aromatic heterocycles. The molecule has 1 aromatic carbocycles. The lowest BCUT2D eigenvalue weighted by Gasteiger charge is -2.33.